The first-order valence-electron chi connectivity index (χ1n) is 12.2. The Labute approximate surface area is 209 Å². The number of hydrogen-bond acceptors (Lipinski definition) is 4. The summed E-state index contributed by atoms with van der Waals surface area (Å²) < 4.78 is 13.8. The van der Waals surface area contributed by atoms with E-state index in [1.54, 1.807) is 6.07 Å². The summed E-state index contributed by atoms with van der Waals surface area (Å²) in [6.45, 7) is 3.19. The first kappa shape index (κ1) is 23.8. The molecule has 184 valence electrons. The number of fused-ring (bicyclic) bond motifs is 1. The molecule has 0 unspecified atom stereocenters. The summed E-state index contributed by atoms with van der Waals surface area (Å²) >= 11 is 0. The SMILES string of the molecule is O=C(O)CCc1ccc(/C(Nc2ccc(CN3CCCC3)cc2)=C2/C(=O)Nc3cc(F)ccc32)cc1. The number of halogens is 1. The summed E-state index contributed by atoms with van der Waals surface area (Å²) in [7, 11) is 0. The van der Waals surface area contributed by atoms with Crippen LogP contribution in [0.2, 0.25) is 0 Å². The highest BCUT2D eigenvalue weighted by atomic mass is 19.1. The molecule has 3 N–H and O–H groups in total. The molecule has 1 fully saturated rings. The number of likely N-dealkylation sites (tertiary alicyclic amines) is 1. The van der Waals surface area contributed by atoms with Crippen molar-refractivity contribution >= 4 is 34.5 Å². The molecule has 1 amide bonds. The second kappa shape index (κ2) is 10.3. The number of rotatable bonds is 8. The van der Waals surface area contributed by atoms with E-state index < -0.39 is 11.8 Å². The van der Waals surface area contributed by atoms with E-state index in [9.17, 15) is 14.0 Å². The second-order valence-electron chi connectivity index (χ2n) is 9.29. The normalized spacial score (nSPS) is 16.5. The minimum Gasteiger partial charge on any atom is -0.481 e. The summed E-state index contributed by atoms with van der Waals surface area (Å²) in [5.41, 5.74) is 5.85. The number of aryl methyl sites for hydroxylation is 1. The zero-order valence-corrected chi connectivity index (χ0v) is 19.9. The van der Waals surface area contributed by atoms with Gasteiger partial charge in [-0.1, -0.05) is 36.4 Å². The van der Waals surface area contributed by atoms with Gasteiger partial charge in [0.25, 0.3) is 5.91 Å². The largest absolute Gasteiger partial charge is 0.481 e. The van der Waals surface area contributed by atoms with Gasteiger partial charge in [0.15, 0.2) is 0 Å². The monoisotopic (exact) mass is 485 g/mol. The molecule has 1 saturated heterocycles. The van der Waals surface area contributed by atoms with Crippen LogP contribution in [0.3, 0.4) is 0 Å². The van der Waals surface area contributed by atoms with Gasteiger partial charge in [-0.3, -0.25) is 14.5 Å². The van der Waals surface area contributed by atoms with Crippen LogP contribution in [0.15, 0.2) is 66.7 Å². The van der Waals surface area contributed by atoms with Gasteiger partial charge in [0.1, 0.15) is 5.82 Å². The average Bonchev–Trinajstić information content (AvgIpc) is 3.49. The number of carbonyl (C=O) groups excluding carboxylic acids is 1. The Morgan fingerprint density at radius 3 is 2.36 bits per heavy atom. The van der Waals surface area contributed by atoms with Crippen molar-refractivity contribution < 1.29 is 19.1 Å². The van der Waals surface area contributed by atoms with Gasteiger partial charge in [-0.25, -0.2) is 4.39 Å². The molecule has 2 aliphatic heterocycles. The third-order valence-corrected chi connectivity index (χ3v) is 6.67. The van der Waals surface area contributed by atoms with Crippen LogP contribution < -0.4 is 10.6 Å². The number of anilines is 2. The topological polar surface area (TPSA) is 81.7 Å². The molecule has 0 spiro atoms. The zero-order chi connectivity index (χ0) is 25.1. The molecule has 5 rings (SSSR count). The minimum absolute atomic E-state index is 0.0522. The van der Waals surface area contributed by atoms with Gasteiger partial charge in [-0.05, 0) is 79.4 Å². The van der Waals surface area contributed by atoms with Crippen molar-refractivity contribution in [3.8, 4) is 0 Å². The highest BCUT2D eigenvalue weighted by Crippen LogP contribution is 2.38. The molecule has 6 nitrogen and oxygen atoms in total. The molecular weight excluding hydrogens is 457 g/mol. The van der Waals surface area contributed by atoms with E-state index in [-0.39, 0.29) is 12.3 Å². The molecular formula is C29H28FN3O3. The van der Waals surface area contributed by atoms with Gasteiger partial charge < -0.3 is 15.7 Å². The molecule has 0 aromatic heterocycles. The lowest BCUT2D eigenvalue weighted by molar-refractivity contribution is -0.137. The fraction of sp³-hybridized carbons (Fsp3) is 0.241. The van der Waals surface area contributed by atoms with E-state index >= 15 is 0 Å². The second-order valence-corrected chi connectivity index (χ2v) is 9.29. The van der Waals surface area contributed by atoms with Crippen molar-refractivity contribution in [2.75, 3.05) is 23.7 Å². The first-order valence-corrected chi connectivity index (χ1v) is 12.2. The standard InChI is InChI=1S/C29H28FN3O3/c30-22-10-13-24-25(17-22)32-29(36)27(24)28(21-8-3-19(4-9-21)7-14-26(34)35)31-23-11-5-20(6-12-23)18-33-15-1-2-16-33/h3-6,8-13,17,31H,1-2,7,14-16,18H2,(H,32,36)(H,34,35)/b28-27-. The van der Waals surface area contributed by atoms with Crippen LogP contribution in [0.1, 0.15) is 41.5 Å². The Balaban J connectivity index is 1.48. The minimum atomic E-state index is -0.844. The highest BCUT2D eigenvalue weighted by molar-refractivity contribution is 6.37. The Morgan fingerprint density at radius 2 is 1.67 bits per heavy atom. The fourth-order valence-electron chi connectivity index (χ4n) is 4.80. The first-order chi connectivity index (χ1) is 17.5. The maximum Gasteiger partial charge on any atom is 0.303 e. The lowest BCUT2D eigenvalue weighted by Crippen LogP contribution is -2.18. The third kappa shape index (κ3) is 5.31. The van der Waals surface area contributed by atoms with Crippen molar-refractivity contribution in [3.63, 3.8) is 0 Å². The van der Waals surface area contributed by atoms with Gasteiger partial charge in [-0.2, -0.15) is 0 Å². The van der Waals surface area contributed by atoms with Crippen LogP contribution in [0.4, 0.5) is 15.8 Å². The quantitative estimate of drug-likeness (QED) is 0.374. The van der Waals surface area contributed by atoms with Gasteiger partial charge >= 0.3 is 5.97 Å². The summed E-state index contributed by atoms with van der Waals surface area (Å²) in [6.07, 6.45) is 2.98. The maximum absolute atomic E-state index is 13.8. The van der Waals surface area contributed by atoms with Crippen LogP contribution in [-0.4, -0.2) is 35.0 Å². The summed E-state index contributed by atoms with van der Waals surface area (Å²) in [6, 6.07) is 20.0. The fourth-order valence-corrected chi connectivity index (χ4v) is 4.80. The van der Waals surface area contributed by atoms with E-state index in [1.165, 1.54) is 30.5 Å². The van der Waals surface area contributed by atoms with Crippen molar-refractivity contribution in [1.82, 2.24) is 4.90 Å². The number of carboxylic acid groups (broad SMARTS) is 1. The molecule has 3 aromatic carbocycles. The predicted molar refractivity (Wildman–Crippen MR) is 139 cm³/mol. The van der Waals surface area contributed by atoms with E-state index in [4.69, 9.17) is 5.11 Å². The van der Waals surface area contributed by atoms with Crippen molar-refractivity contribution in [2.45, 2.75) is 32.2 Å². The Bertz CT molecular complexity index is 1310. The molecule has 0 saturated carbocycles. The number of benzene rings is 3. The molecule has 0 aliphatic carbocycles. The average molecular weight is 486 g/mol. The molecule has 2 aliphatic rings. The predicted octanol–water partition coefficient (Wildman–Crippen LogP) is 5.37. The van der Waals surface area contributed by atoms with Gasteiger partial charge in [0.2, 0.25) is 0 Å². The van der Waals surface area contributed by atoms with E-state index in [2.05, 4.69) is 27.7 Å². The molecule has 3 aromatic rings. The molecule has 7 heteroatoms. The Hall–Kier alpha value is -3.97. The highest BCUT2D eigenvalue weighted by Gasteiger charge is 2.29. The zero-order valence-electron chi connectivity index (χ0n) is 19.9. The van der Waals surface area contributed by atoms with Crippen molar-refractivity contribution in [3.05, 3.63) is 94.8 Å². The number of amides is 1. The molecule has 36 heavy (non-hydrogen) atoms. The van der Waals surface area contributed by atoms with E-state index in [1.807, 2.05) is 36.4 Å². The van der Waals surface area contributed by atoms with Crippen molar-refractivity contribution in [1.29, 1.82) is 0 Å². The third-order valence-electron chi connectivity index (χ3n) is 6.67. The molecule has 2 heterocycles. The van der Waals surface area contributed by atoms with Crippen molar-refractivity contribution in [2.24, 2.45) is 0 Å². The van der Waals surface area contributed by atoms with Crippen LogP contribution in [0.25, 0.3) is 11.3 Å². The summed E-state index contributed by atoms with van der Waals surface area (Å²) in [5.74, 6) is -1.57. The molecule has 0 bridgehead atoms. The smallest absolute Gasteiger partial charge is 0.303 e. The number of aliphatic carboxylic acids is 1. The van der Waals surface area contributed by atoms with Crippen LogP contribution in [-0.2, 0) is 22.6 Å². The molecule has 0 radical (unpaired) electrons. The lowest BCUT2D eigenvalue weighted by Gasteiger charge is -2.17. The van der Waals surface area contributed by atoms with Crippen LogP contribution in [0, 0.1) is 5.82 Å². The Morgan fingerprint density at radius 1 is 0.972 bits per heavy atom. The van der Waals surface area contributed by atoms with Gasteiger partial charge in [0.05, 0.1) is 17.0 Å². The summed E-state index contributed by atoms with van der Waals surface area (Å²) in [5, 5.41) is 15.2. The summed E-state index contributed by atoms with van der Waals surface area (Å²) in [4.78, 5) is 26.4. The number of nitrogens with zero attached hydrogens (tertiary/aromatic N) is 1. The number of carbonyl (C=O) groups is 2. The molecule has 0 atom stereocenters. The van der Waals surface area contributed by atoms with Gasteiger partial charge in [0, 0.05) is 24.2 Å². The lowest BCUT2D eigenvalue weighted by atomic mass is 9.98. The number of carboxylic acids is 1. The van der Waals surface area contributed by atoms with Crippen LogP contribution in [0.5, 0.6) is 0 Å². The van der Waals surface area contributed by atoms with Crippen LogP contribution >= 0.6 is 0 Å². The van der Waals surface area contributed by atoms with E-state index in [0.717, 1.165) is 36.4 Å². The Kier molecular flexibility index (Phi) is 6.82. The van der Waals surface area contributed by atoms with E-state index in [0.29, 0.717) is 28.9 Å². The number of hydrogen-bond donors (Lipinski definition) is 3. The maximum atomic E-state index is 13.8. The number of nitrogens with one attached hydrogen (secondary N) is 2. The van der Waals surface area contributed by atoms with Gasteiger partial charge in [-0.15, -0.1) is 0 Å².